The van der Waals surface area contributed by atoms with Gasteiger partial charge in [-0.15, -0.1) is 22.0 Å². The summed E-state index contributed by atoms with van der Waals surface area (Å²) < 4.78 is 2.08. The van der Waals surface area contributed by atoms with Crippen molar-refractivity contribution in [3.63, 3.8) is 0 Å². The molecule has 0 atom stereocenters. The minimum absolute atomic E-state index is 0.858. The Labute approximate surface area is 116 Å². The van der Waals surface area contributed by atoms with E-state index in [1.807, 2.05) is 7.05 Å². The van der Waals surface area contributed by atoms with Gasteiger partial charge in [-0.25, -0.2) is 0 Å². The van der Waals surface area contributed by atoms with Gasteiger partial charge in [0.05, 0.1) is 5.75 Å². The van der Waals surface area contributed by atoms with Crippen LogP contribution in [0.3, 0.4) is 0 Å². The van der Waals surface area contributed by atoms with Gasteiger partial charge in [-0.3, -0.25) is 0 Å². The van der Waals surface area contributed by atoms with Gasteiger partial charge in [0.15, 0.2) is 5.16 Å². The Morgan fingerprint density at radius 3 is 2.50 bits per heavy atom. The molecule has 1 aromatic heterocycles. The second kappa shape index (κ2) is 6.29. The average Bonchev–Trinajstić information content (AvgIpc) is 2.71. The number of hydrogen-bond acceptors (Lipinski definition) is 4. The highest BCUT2D eigenvalue weighted by atomic mass is 32.2. The predicted octanol–water partition coefficient (Wildman–Crippen LogP) is 3.53. The van der Waals surface area contributed by atoms with Gasteiger partial charge in [-0.05, 0) is 24.8 Å². The average molecular weight is 279 g/mol. The fourth-order valence-electron chi connectivity index (χ4n) is 1.51. The lowest BCUT2D eigenvalue weighted by atomic mass is 10.2. The number of nitrogens with zero attached hydrogens (tertiary/aromatic N) is 3. The van der Waals surface area contributed by atoms with Crippen molar-refractivity contribution in [1.82, 2.24) is 14.8 Å². The predicted molar refractivity (Wildman–Crippen MR) is 78.1 cm³/mol. The Bertz CT molecular complexity index is 505. The van der Waals surface area contributed by atoms with Crippen LogP contribution in [-0.2, 0) is 12.8 Å². The molecule has 18 heavy (non-hydrogen) atoms. The highest BCUT2D eigenvalue weighted by molar-refractivity contribution is 7.99. The molecule has 0 amide bonds. The molecule has 0 unspecified atom stereocenters. The monoisotopic (exact) mass is 279 g/mol. The normalized spacial score (nSPS) is 10.8. The lowest BCUT2D eigenvalue weighted by Gasteiger charge is -2.03. The molecule has 96 valence electrons. The van der Waals surface area contributed by atoms with Crippen LogP contribution < -0.4 is 0 Å². The van der Waals surface area contributed by atoms with Crippen molar-refractivity contribution < 1.29 is 0 Å². The van der Waals surface area contributed by atoms with Crippen molar-refractivity contribution >= 4 is 23.5 Å². The van der Waals surface area contributed by atoms with Gasteiger partial charge in [0.1, 0.15) is 5.82 Å². The molecule has 0 saturated heterocycles. The van der Waals surface area contributed by atoms with Crippen molar-refractivity contribution in [1.29, 1.82) is 0 Å². The first-order valence-corrected chi connectivity index (χ1v) is 7.88. The van der Waals surface area contributed by atoms with E-state index in [1.54, 1.807) is 23.5 Å². The molecule has 0 radical (unpaired) electrons. The molecule has 0 fully saturated rings. The minimum atomic E-state index is 0.858. The van der Waals surface area contributed by atoms with E-state index in [0.29, 0.717) is 0 Å². The van der Waals surface area contributed by atoms with Crippen LogP contribution in [0.4, 0.5) is 0 Å². The summed E-state index contributed by atoms with van der Waals surface area (Å²) in [6.07, 6.45) is 0. The smallest absolute Gasteiger partial charge is 0.190 e. The molecule has 3 nitrogen and oxygen atoms in total. The zero-order valence-electron chi connectivity index (χ0n) is 10.9. The first-order valence-electron chi connectivity index (χ1n) is 5.91. The Balaban J connectivity index is 1.99. The zero-order chi connectivity index (χ0) is 13.0. The summed E-state index contributed by atoms with van der Waals surface area (Å²) in [7, 11) is 2.03. The Morgan fingerprint density at radius 1 is 1.11 bits per heavy atom. The molecular weight excluding hydrogens is 262 g/mol. The van der Waals surface area contributed by atoms with Gasteiger partial charge in [-0.1, -0.05) is 36.4 Å². The van der Waals surface area contributed by atoms with Crippen LogP contribution in [0.5, 0.6) is 0 Å². The Hall–Kier alpha value is -0.940. The van der Waals surface area contributed by atoms with Crippen LogP contribution in [0.2, 0.25) is 0 Å². The van der Waals surface area contributed by atoms with Gasteiger partial charge in [0, 0.05) is 11.9 Å². The molecule has 0 spiro atoms. The molecule has 0 aliphatic rings. The maximum Gasteiger partial charge on any atom is 0.190 e. The SMILES string of the molecule is CCSc1nnc(CSc2ccc(C)cc2)n1C. The summed E-state index contributed by atoms with van der Waals surface area (Å²) in [5, 5.41) is 9.43. The highest BCUT2D eigenvalue weighted by Gasteiger charge is 2.08. The van der Waals surface area contributed by atoms with Crippen LogP contribution >= 0.6 is 23.5 Å². The van der Waals surface area contributed by atoms with Gasteiger partial charge < -0.3 is 4.57 Å². The fraction of sp³-hybridized carbons (Fsp3) is 0.385. The summed E-state index contributed by atoms with van der Waals surface area (Å²) in [5.74, 6) is 2.91. The van der Waals surface area contributed by atoms with Gasteiger partial charge in [0.2, 0.25) is 0 Å². The molecule has 0 bridgehead atoms. The molecular formula is C13H17N3S2. The van der Waals surface area contributed by atoms with Crippen LogP contribution in [0.15, 0.2) is 34.3 Å². The van der Waals surface area contributed by atoms with Crippen LogP contribution in [0, 0.1) is 6.92 Å². The Kier molecular flexibility index (Phi) is 4.72. The van der Waals surface area contributed by atoms with E-state index in [-0.39, 0.29) is 0 Å². The van der Waals surface area contributed by atoms with Crippen molar-refractivity contribution in [2.75, 3.05) is 5.75 Å². The second-order valence-corrected chi connectivity index (χ2v) is 6.27. The molecule has 1 aromatic carbocycles. The topological polar surface area (TPSA) is 30.7 Å². The van der Waals surface area contributed by atoms with Gasteiger partial charge in [0.25, 0.3) is 0 Å². The summed E-state index contributed by atoms with van der Waals surface area (Å²) >= 11 is 3.52. The standard InChI is InChI=1S/C13H17N3S2/c1-4-17-13-15-14-12(16(13)3)9-18-11-7-5-10(2)6-8-11/h5-8H,4,9H2,1-3H3. The summed E-state index contributed by atoms with van der Waals surface area (Å²) in [4.78, 5) is 1.27. The second-order valence-electron chi connectivity index (χ2n) is 3.99. The summed E-state index contributed by atoms with van der Waals surface area (Å²) in [6.45, 7) is 4.23. The number of aromatic nitrogens is 3. The molecule has 0 saturated carbocycles. The van der Waals surface area contributed by atoms with E-state index < -0.39 is 0 Å². The van der Waals surface area contributed by atoms with E-state index in [1.165, 1.54) is 10.5 Å². The number of aryl methyl sites for hydroxylation is 1. The summed E-state index contributed by atoms with van der Waals surface area (Å²) in [6, 6.07) is 8.57. The largest absolute Gasteiger partial charge is 0.308 e. The number of benzene rings is 1. The Morgan fingerprint density at radius 2 is 1.83 bits per heavy atom. The van der Waals surface area contributed by atoms with Crippen LogP contribution in [0.1, 0.15) is 18.3 Å². The zero-order valence-corrected chi connectivity index (χ0v) is 12.5. The maximum absolute atomic E-state index is 4.24. The highest BCUT2D eigenvalue weighted by Crippen LogP contribution is 2.23. The van der Waals surface area contributed by atoms with E-state index in [2.05, 4.69) is 52.9 Å². The van der Waals surface area contributed by atoms with Crippen LogP contribution in [-0.4, -0.2) is 20.5 Å². The number of hydrogen-bond donors (Lipinski definition) is 0. The van der Waals surface area contributed by atoms with Crippen molar-refractivity contribution in [3.8, 4) is 0 Å². The van der Waals surface area contributed by atoms with Crippen molar-refractivity contribution in [3.05, 3.63) is 35.7 Å². The van der Waals surface area contributed by atoms with Crippen molar-refractivity contribution in [2.24, 2.45) is 7.05 Å². The molecule has 2 rings (SSSR count). The first-order chi connectivity index (χ1) is 8.70. The molecule has 0 aliphatic heterocycles. The maximum atomic E-state index is 4.24. The number of rotatable bonds is 5. The molecule has 1 heterocycles. The van der Waals surface area contributed by atoms with E-state index in [4.69, 9.17) is 0 Å². The van der Waals surface area contributed by atoms with Crippen LogP contribution in [0.25, 0.3) is 0 Å². The third-order valence-electron chi connectivity index (χ3n) is 2.59. The molecule has 5 heteroatoms. The molecule has 2 aromatic rings. The van der Waals surface area contributed by atoms with Gasteiger partial charge in [-0.2, -0.15) is 0 Å². The van der Waals surface area contributed by atoms with E-state index >= 15 is 0 Å². The first kappa shape index (κ1) is 13.5. The molecule has 0 N–H and O–H groups in total. The van der Waals surface area contributed by atoms with Gasteiger partial charge >= 0.3 is 0 Å². The quantitative estimate of drug-likeness (QED) is 0.783. The third kappa shape index (κ3) is 3.29. The van der Waals surface area contributed by atoms with E-state index in [0.717, 1.165) is 22.5 Å². The fourth-order valence-corrected chi connectivity index (χ4v) is 3.04. The lowest BCUT2D eigenvalue weighted by Crippen LogP contribution is -1.97. The summed E-state index contributed by atoms with van der Waals surface area (Å²) in [5.41, 5.74) is 1.29. The third-order valence-corrected chi connectivity index (χ3v) is 4.50. The van der Waals surface area contributed by atoms with E-state index in [9.17, 15) is 0 Å². The van der Waals surface area contributed by atoms with Crippen molar-refractivity contribution in [2.45, 2.75) is 29.7 Å². The lowest BCUT2D eigenvalue weighted by molar-refractivity contribution is 0.762. The minimum Gasteiger partial charge on any atom is -0.308 e. The number of thioether (sulfide) groups is 2. The molecule has 0 aliphatic carbocycles.